The molecule has 9 heteroatoms. The average molecular weight is 749 g/mol. The lowest BCUT2D eigenvalue weighted by molar-refractivity contribution is -0.870. The molecule has 0 rings (SSSR count). The van der Waals surface area contributed by atoms with Crippen molar-refractivity contribution in [2.24, 2.45) is 0 Å². The third kappa shape index (κ3) is 40.5. The van der Waals surface area contributed by atoms with Gasteiger partial charge in [-0.05, 0) is 12.8 Å². The lowest BCUT2D eigenvalue weighted by Gasteiger charge is -2.24. The van der Waals surface area contributed by atoms with Gasteiger partial charge in [0.15, 0.2) is 0 Å². The number of carbonyl (C=O) groups excluding carboxylic acids is 1. The van der Waals surface area contributed by atoms with Crippen LogP contribution in [0.1, 0.15) is 206 Å². The van der Waals surface area contributed by atoms with Crippen LogP contribution in [0.4, 0.5) is 0 Å². The number of hydrogen-bond acceptors (Lipinski definition) is 6. The number of quaternary nitrogens is 1. The van der Waals surface area contributed by atoms with E-state index >= 15 is 0 Å². The van der Waals surface area contributed by atoms with Crippen molar-refractivity contribution < 1.29 is 37.3 Å². The quantitative estimate of drug-likeness (QED) is 0.0288. The maximum atomic E-state index is 12.7. The fraction of sp³-hybridized carbons (Fsp3) is 0.976. The second-order valence-electron chi connectivity index (χ2n) is 16.1. The van der Waals surface area contributed by atoms with Crippen LogP contribution in [0.3, 0.4) is 0 Å². The van der Waals surface area contributed by atoms with E-state index in [1.54, 1.807) is 0 Å². The Morgan fingerprint density at radius 3 is 1.29 bits per heavy atom. The van der Waals surface area contributed by atoms with Gasteiger partial charge in [-0.15, -0.1) is 0 Å². The van der Waals surface area contributed by atoms with Crippen molar-refractivity contribution in [2.45, 2.75) is 213 Å². The summed E-state index contributed by atoms with van der Waals surface area (Å²) in [5.74, 6) is -0.309. The van der Waals surface area contributed by atoms with Crippen molar-refractivity contribution in [1.29, 1.82) is 0 Å². The van der Waals surface area contributed by atoms with Gasteiger partial charge >= 0.3 is 13.8 Å². The van der Waals surface area contributed by atoms with Gasteiger partial charge in [-0.3, -0.25) is 13.8 Å². The molecule has 0 aliphatic carbocycles. The van der Waals surface area contributed by atoms with Gasteiger partial charge < -0.3 is 18.9 Å². The topological polar surface area (TPSA) is 91.3 Å². The Kier molecular flexibility index (Phi) is 36.1. The van der Waals surface area contributed by atoms with Crippen LogP contribution in [0, 0.1) is 0 Å². The van der Waals surface area contributed by atoms with E-state index in [2.05, 4.69) is 13.8 Å². The first kappa shape index (κ1) is 50.5. The summed E-state index contributed by atoms with van der Waals surface area (Å²) in [6, 6.07) is 0. The predicted molar refractivity (Wildman–Crippen MR) is 215 cm³/mol. The van der Waals surface area contributed by atoms with E-state index in [4.69, 9.17) is 18.5 Å². The Morgan fingerprint density at radius 2 is 0.902 bits per heavy atom. The minimum absolute atomic E-state index is 0.0938. The fourth-order valence-electron chi connectivity index (χ4n) is 6.26. The minimum Gasteiger partial charge on any atom is -0.457 e. The molecule has 1 N–H and O–H groups in total. The Balaban J connectivity index is 4.18. The average Bonchev–Trinajstić information content (AvgIpc) is 3.08. The van der Waals surface area contributed by atoms with Crippen molar-refractivity contribution in [3.8, 4) is 0 Å². The van der Waals surface area contributed by atoms with Crippen LogP contribution in [0.2, 0.25) is 0 Å². The van der Waals surface area contributed by atoms with Gasteiger partial charge in [0.05, 0.1) is 34.4 Å². The Morgan fingerprint density at radius 1 is 0.529 bits per heavy atom. The molecule has 0 spiro atoms. The summed E-state index contributed by atoms with van der Waals surface area (Å²) >= 11 is 0. The van der Waals surface area contributed by atoms with Crippen molar-refractivity contribution in [3.63, 3.8) is 0 Å². The molecule has 0 amide bonds. The van der Waals surface area contributed by atoms with Crippen LogP contribution in [0.15, 0.2) is 0 Å². The molecule has 0 aromatic rings. The molecule has 0 heterocycles. The van der Waals surface area contributed by atoms with E-state index in [1.807, 2.05) is 21.1 Å². The van der Waals surface area contributed by atoms with Gasteiger partial charge in [-0.2, -0.15) is 0 Å². The summed E-state index contributed by atoms with van der Waals surface area (Å²) < 4.78 is 35.0. The highest BCUT2D eigenvalue weighted by Crippen LogP contribution is 2.43. The number of ether oxygens (including phenoxy) is 2. The first-order valence-electron chi connectivity index (χ1n) is 21.8. The van der Waals surface area contributed by atoms with E-state index in [-0.39, 0.29) is 25.8 Å². The molecule has 0 bridgehead atoms. The van der Waals surface area contributed by atoms with E-state index < -0.39 is 13.9 Å². The van der Waals surface area contributed by atoms with Crippen LogP contribution in [-0.2, 0) is 27.9 Å². The summed E-state index contributed by atoms with van der Waals surface area (Å²) in [6.45, 7) is 5.67. The molecule has 0 saturated heterocycles. The first-order valence-corrected chi connectivity index (χ1v) is 23.3. The summed E-state index contributed by atoms with van der Waals surface area (Å²) in [4.78, 5) is 22.8. The predicted octanol–water partition coefficient (Wildman–Crippen LogP) is 12.5. The molecule has 0 saturated carbocycles. The second-order valence-corrected chi connectivity index (χ2v) is 17.5. The fourth-order valence-corrected chi connectivity index (χ4v) is 7.00. The molecule has 51 heavy (non-hydrogen) atoms. The zero-order chi connectivity index (χ0) is 37.7. The molecule has 0 aliphatic heterocycles. The second kappa shape index (κ2) is 36.5. The molecule has 2 unspecified atom stereocenters. The molecule has 8 nitrogen and oxygen atoms in total. The van der Waals surface area contributed by atoms with Crippen molar-refractivity contribution in [1.82, 2.24) is 0 Å². The Hall–Kier alpha value is -0.500. The van der Waals surface area contributed by atoms with Crippen LogP contribution in [0.25, 0.3) is 0 Å². The summed E-state index contributed by atoms with van der Waals surface area (Å²) in [7, 11) is 1.68. The maximum absolute atomic E-state index is 12.7. The number of likely N-dealkylation sites (N-methyl/N-ethyl adjacent to an activating group) is 1. The van der Waals surface area contributed by atoms with E-state index in [0.29, 0.717) is 24.1 Å². The Bertz CT molecular complexity index is 792. The van der Waals surface area contributed by atoms with Crippen LogP contribution in [0.5, 0.6) is 0 Å². The molecular formula is C42H87NO7P+. The van der Waals surface area contributed by atoms with Gasteiger partial charge in [0, 0.05) is 13.0 Å². The number of phosphoric ester groups is 1. The Labute approximate surface area is 317 Å². The molecular weight excluding hydrogens is 661 g/mol. The molecule has 0 radical (unpaired) electrons. The number of rotatable bonds is 41. The van der Waals surface area contributed by atoms with E-state index in [1.165, 1.54) is 154 Å². The standard InChI is InChI=1S/C42H86NO7P/c1-6-8-10-12-14-16-18-20-21-22-24-26-28-30-32-34-37-47-39-41(40-49-51(45,46)48-38-36-43(3,4)5)50-42(44)35-33-31-29-27-25-23-19-17-15-13-11-9-7-2/h41H,6-40H2,1-5H3/p+1. The van der Waals surface area contributed by atoms with Gasteiger partial charge in [-0.25, -0.2) is 4.57 Å². The number of hydrogen-bond donors (Lipinski definition) is 1. The number of nitrogens with zero attached hydrogens (tertiary/aromatic N) is 1. The monoisotopic (exact) mass is 749 g/mol. The molecule has 0 fully saturated rings. The highest BCUT2D eigenvalue weighted by atomic mass is 31.2. The van der Waals surface area contributed by atoms with Crippen molar-refractivity contribution >= 4 is 13.8 Å². The smallest absolute Gasteiger partial charge is 0.457 e. The lowest BCUT2D eigenvalue weighted by atomic mass is 10.0. The summed E-state index contributed by atoms with van der Waals surface area (Å²) in [5.41, 5.74) is 0. The minimum atomic E-state index is -4.26. The van der Waals surface area contributed by atoms with E-state index in [0.717, 1.165) is 32.1 Å². The molecule has 0 aromatic carbocycles. The number of esters is 1. The highest BCUT2D eigenvalue weighted by molar-refractivity contribution is 7.47. The van der Waals surface area contributed by atoms with Gasteiger partial charge in [-0.1, -0.05) is 187 Å². The number of carbonyl (C=O) groups is 1. The maximum Gasteiger partial charge on any atom is 0.472 e. The van der Waals surface area contributed by atoms with Crippen LogP contribution < -0.4 is 0 Å². The number of phosphoric acid groups is 1. The van der Waals surface area contributed by atoms with Gasteiger partial charge in [0.25, 0.3) is 0 Å². The van der Waals surface area contributed by atoms with Crippen molar-refractivity contribution in [2.75, 3.05) is 54.1 Å². The summed E-state index contributed by atoms with van der Waals surface area (Å²) in [5, 5.41) is 0. The molecule has 0 aliphatic rings. The zero-order valence-corrected chi connectivity index (χ0v) is 35.5. The molecule has 2 atom stereocenters. The van der Waals surface area contributed by atoms with Crippen LogP contribution >= 0.6 is 7.82 Å². The molecule has 306 valence electrons. The summed E-state index contributed by atoms with van der Waals surface area (Å²) in [6.07, 6.45) is 36.9. The third-order valence-electron chi connectivity index (χ3n) is 9.67. The first-order chi connectivity index (χ1) is 24.6. The van der Waals surface area contributed by atoms with E-state index in [9.17, 15) is 14.3 Å². The van der Waals surface area contributed by atoms with Crippen LogP contribution in [-0.4, -0.2) is 75.6 Å². The highest BCUT2D eigenvalue weighted by Gasteiger charge is 2.26. The van der Waals surface area contributed by atoms with Gasteiger partial charge in [0.1, 0.15) is 19.3 Å². The zero-order valence-electron chi connectivity index (χ0n) is 34.6. The van der Waals surface area contributed by atoms with Gasteiger partial charge in [0.2, 0.25) is 0 Å². The number of unbranched alkanes of at least 4 members (excludes halogenated alkanes) is 27. The largest absolute Gasteiger partial charge is 0.472 e. The SMILES string of the molecule is CCCCCCCCCCCCCCCCCCOCC(COP(=O)(O)OCC[N+](C)(C)C)OC(=O)CCCCCCCCCCCCCCC. The third-order valence-corrected chi connectivity index (χ3v) is 10.7. The normalized spacial score (nSPS) is 13.8. The lowest BCUT2D eigenvalue weighted by Crippen LogP contribution is -2.37. The molecule has 0 aromatic heterocycles. The van der Waals surface area contributed by atoms with Crippen molar-refractivity contribution in [3.05, 3.63) is 0 Å².